The van der Waals surface area contributed by atoms with Crippen LogP contribution in [0.5, 0.6) is 0 Å². The maximum Gasteiger partial charge on any atom is 0.264 e. The second-order valence-corrected chi connectivity index (χ2v) is 6.58. The first-order valence-electron chi connectivity index (χ1n) is 7.57. The topological polar surface area (TPSA) is 43.9 Å². The van der Waals surface area contributed by atoms with Crippen molar-refractivity contribution in [3.8, 4) is 0 Å². The van der Waals surface area contributed by atoms with Crippen molar-refractivity contribution in [1.29, 1.82) is 0 Å². The number of hydrogen-bond acceptors (Lipinski definition) is 4. The van der Waals surface area contributed by atoms with Gasteiger partial charge >= 0.3 is 0 Å². The van der Waals surface area contributed by atoms with Crippen molar-refractivity contribution < 1.29 is 9.59 Å². The van der Waals surface area contributed by atoms with E-state index in [1.807, 2.05) is 27.3 Å². The molecule has 114 valence electrons. The predicted octanol–water partition coefficient (Wildman–Crippen LogP) is 1.13. The third-order valence-electron chi connectivity index (χ3n) is 4.21. The van der Waals surface area contributed by atoms with Crippen molar-refractivity contribution in [2.75, 3.05) is 45.8 Å². The lowest BCUT2D eigenvalue weighted by atomic mass is 10.3. The molecule has 2 aliphatic rings. The predicted molar refractivity (Wildman–Crippen MR) is 82.5 cm³/mol. The Kier molecular flexibility index (Phi) is 4.55. The van der Waals surface area contributed by atoms with E-state index in [-0.39, 0.29) is 11.8 Å². The van der Waals surface area contributed by atoms with Crippen molar-refractivity contribution in [3.05, 3.63) is 22.4 Å². The number of carbonyl (C=O) groups excluding carboxylic acids is 2. The zero-order valence-corrected chi connectivity index (χ0v) is 13.0. The molecular weight excluding hydrogens is 286 g/mol. The van der Waals surface area contributed by atoms with Gasteiger partial charge in [0.15, 0.2) is 0 Å². The fourth-order valence-corrected chi connectivity index (χ4v) is 3.61. The lowest BCUT2D eigenvalue weighted by Crippen LogP contribution is -2.51. The van der Waals surface area contributed by atoms with E-state index in [0.29, 0.717) is 19.6 Å². The Morgan fingerprint density at radius 1 is 1.00 bits per heavy atom. The number of rotatable bonds is 3. The number of likely N-dealkylation sites (tertiary alicyclic amines) is 1. The Morgan fingerprint density at radius 2 is 1.71 bits per heavy atom. The van der Waals surface area contributed by atoms with Crippen LogP contribution in [-0.2, 0) is 4.79 Å². The number of piperazine rings is 1. The largest absolute Gasteiger partial charge is 0.342 e. The van der Waals surface area contributed by atoms with Gasteiger partial charge in [-0.15, -0.1) is 11.3 Å². The Morgan fingerprint density at radius 3 is 2.33 bits per heavy atom. The van der Waals surface area contributed by atoms with E-state index in [2.05, 4.69) is 4.90 Å². The SMILES string of the molecule is O=C(CN1CCN(C(=O)c2cccs2)CC1)N1CCCC1. The van der Waals surface area contributed by atoms with E-state index in [1.54, 1.807) is 0 Å². The van der Waals surface area contributed by atoms with E-state index >= 15 is 0 Å². The molecule has 6 heteroatoms. The van der Waals surface area contributed by atoms with Gasteiger partial charge in [0, 0.05) is 39.3 Å². The summed E-state index contributed by atoms with van der Waals surface area (Å²) >= 11 is 1.49. The minimum Gasteiger partial charge on any atom is -0.342 e. The Bertz CT molecular complexity index is 489. The lowest BCUT2D eigenvalue weighted by molar-refractivity contribution is -0.131. The summed E-state index contributed by atoms with van der Waals surface area (Å²) in [6.45, 7) is 5.33. The van der Waals surface area contributed by atoms with Crippen LogP contribution in [-0.4, -0.2) is 72.3 Å². The molecule has 0 aliphatic carbocycles. The van der Waals surface area contributed by atoms with Crippen LogP contribution in [0.1, 0.15) is 22.5 Å². The standard InChI is InChI=1S/C15H21N3O2S/c19-14(17-5-1-2-6-17)12-16-7-9-18(10-8-16)15(20)13-4-3-11-21-13/h3-4,11H,1-2,5-10,12H2. The highest BCUT2D eigenvalue weighted by molar-refractivity contribution is 7.12. The van der Waals surface area contributed by atoms with Crippen LogP contribution < -0.4 is 0 Å². The molecule has 0 bridgehead atoms. The molecule has 0 spiro atoms. The van der Waals surface area contributed by atoms with Gasteiger partial charge in [0.1, 0.15) is 0 Å². The van der Waals surface area contributed by atoms with E-state index in [0.717, 1.165) is 43.9 Å². The van der Waals surface area contributed by atoms with E-state index in [4.69, 9.17) is 0 Å². The van der Waals surface area contributed by atoms with Gasteiger partial charge in [-0.25, -0.2) is 0 Å². The normalized spacial score (nSPS) is 20.0. The van der Waals surface area contributed by atoms with Gasteiger partial charge in [0.25, 0.3) is 5.91 Å². The molecule has 1 aromatic heterocycles. The van der Waals surface area contributed by atoms with Gasteiger partial charge < -0.3 is 9.80 Å². The molecule has 21 heavy (non-hydrogen) atoms. The van der Waals surface area contributed by atoms with Crippen LogP contribution in [0.2, 0.25) is 0 Å². The molecule has 0 saturated carbocycles. The number of carbonyl (C=O) groups is 2. The molecule has 3 heterocycles. The lowest BCUT2D eigenvalue weighted by Gasteiger charge is -2.34. The highest BCUT2D eigenvalue weighted by Gasteiger charge is 2.25. The first-order chi connectivity index (χ1) is 10.2. The van der Waals surface area contributed by atoms with Gasteiger partial charge in [-0.3, -0.25) is 14.5 Å². The summed E-state index contributed by atoms with van der Waals surface area (Å²) in [5.41, 5.74) is 0. The van der Waals surface area contributed by atoms with Gasteiger partial charge in [0.05, 0.1) is 11.4 Å². The summed E-state index contributed by atoms with van der Waals surface area (Å²) in [4.78, 5) is 31.2. The summed E-state index contributed by atoms with van der Waals surface area (Å²) in [7, 11) is 0. The molecule has 0 atom stereocenters. The third kappa shape index (κ3) is 3.44. The van der Waals surface area contributed by atoms with Gasteiger partial charge in [-0.05, 0) is 24.3 Å². The maximum absolute atomic E-state index is 12.2. The minimum atomic E-state index is 0.121. The van der Waals surface area contributed by atoms with Crippen LogP contribution in [0.3, 0.4) is 0 Å². The van der Waals surface area contributed by atoms with Crippen molar-refractivity contribution >= 4 is 23.2 Å². The second kappa shape index (κ2) is 6.58. The smallest absolute Gasteiger partial charge is 0.264 e. The van der Waals surface area contributed by atoms with Crippen LogP contribution in [0.15, 0.2) is 17.5 Å². The molecule has 5 nitrogen and oxygen atoms in total. The fourth-order valence-electron chi connectivity index (χ4n) is 2.92. The molecule has 2 saturated heterocycles. The van der Waals surface area contributed by atoms with Crippen molar-refractivity contribution in [1.82, 2.24) is 14.7 Å². The summed E-state index contributed by atoms with van der Waals surface area (Å²) < 4.78 is 0. The Balaban J connectivity index is 1.46. The zero-order chi connectivity index (χ0) is 14.7. The maximum atomic E-state index is 12.2. The zero-order valence-electron chi connectivity index (χ0n) is 12.2. The molecule has 0 radical (unpaired) electrons. The third-order valence-corrected chi connectivity index (χ3v) is 5.07. The van der Waals surface area contributed by atoms with Gasteiger partial charge in [0.2, 0.25) is 5.91 Å². The quantitative estimate of drug-likeness (QED) is 0.841. The average Bonchev–Trinajstić information content (AvgIpc) is 3.20. The number of thiophene rings is 1. The summed E-state index contributed by atoms with van der Waals surface area (Å²) in [6, 6.07) is 3.78. The number of amides is 2. The van der Waals surface area contributed by atoms with Crippen LogP contribution in [0.25, 0.3) is 0 Å². The number of hydrogen-bond donors (Lipinski definition) is 0. The summed E-state index contributed by atoms with van der Waals surface area (Å²) in [5.74, 6) is 0.362. The Labute approximate surface area is 129 Å². The van der Waals surface area contributed by atoms with E-state index in [9.17, 15) is 9.59 Å². The summed E-state index contributed by atoms with van der Waals surface area (Å²) in [6.07, 6.45) is 2.27. The van der Waals surface area contributed by atoms with Gasteiger partial charge in [-0.2, -0.15) is 0 Å². The molecule has 0 unspecified atom stereocenters. The molecule has 2 aliphatic heterocycles. The van der Waals surface area contributed by atoms with Crippen LogP contribution >= 0.6 is 11.3 Å². The number of nitrogens with zero attached hydrogens (tertiary/aromatic N) is 3. The molecule has 2 amide bonds. The van der Waals surface area contributed by atoms with E-state index < -0.39 is 0 Å². The second-order valence-electron chi connectivity index (χ2n) is 5.63. The van der Waals surface area contributed by atoms with Crippen LogP contribution in [0, 0.1) is 0 Å². The molecule has 1 aromatic rings. The van der Waals surface area contributed by atoms with Gasteiger partial charge in [-0.1, -0.05) is 6.07 Å². The molecule has 0 aromatic carbocycles. The average molecular weight is 307 g/mol. The molecule has 3 rings (SSSR count). The highest BCUT2D eigenvalue weighted by Crippen LogP contribution is 2.14. The molecule has 2 fully saturated rings. The van der Waals surface area contributed by atoms with Crippen LogP contribution in [0.4, 0.5) is 0 Å². The van der Waals surface area contributed by atoms with Crippen molar-refractivity contribution in [2.45, 2.75) is 12.8 Å². The molecular formula is C15H21N3O2S. The minimum absolute atomic E-state index is 0.121. The van der Waals surface area contributed by atoms with E-state index in [1.165, 1.54) is 11.3 Å². The fraction of sp³-hybridized carbons (Fsp3) is 0.600. The first kappa shape index (κ1) is 14.5. The van der Waals surface area contributed by atoms with Crippen molar-refractivity contribution in [3.63, 3.8) is 0 Å². The Hall–Kier alpha value is -1.40. The molecule has 0 N–H and O–H groups in total. The summed E-state index contributed by atoms with van der Waals surface area (Å²) in [5, 5.41) is 1.93. The van der Waals surface area contributed by atoms with Crippen molar-refractivity contribution in [2.24, 2.45) is 0 Å². The monoisotopic (exact) mass is 307 g/mol. The first-order valence-corrected chi connectivity index (χ1v) is 8.45. The highest BCUT2D eigenvalue weighted by atomic mass is 32.1.